The largest absolute Gasteiger partial charge is 0.481 e. The first-order chi connectivity index (χ1) is 8.90. The molecule has 0 saturated heterocycles. The van der Waals surface area contributed by atoms with Gasteiger partial charge >= 0.3 is 5.97 Å². The summed E-state index contributed by atoms with van der Waals surface area (Å²) in [6, 6.07) is 1.26. The van der Waals surface area contributed by atoms with Crippen LogP contribution in [0.5, 0.6) is 0 Å². The highest BCUT2D eigenvalue weighted by molar-refractivity contribution is 6.31. The molecule has 0 fully saturated rings. The molecule has 1 heterocycles. The van der Waals surface area contributed by atoms with E-state index in [9.17, 15) is 9.59 Å². The van der Waals surface area contributed by atoms with Crippen molar-refractivity contribution in [2.75, 3.05) is 6.54 Å². The fourth-order valence-electron chi connectivity index (χ4n) is 2.08. The topological polar surface area (TPSA) is 62.5 Å². The van der Waals surface area contributed by atoms with Crippen LogP contribution >= 0.6 is 11.6 Å². The maximum Gasteiger partial charge on any atom is 0.305 e. The van der Waals surface area contributed by atoms with Crippen LogP contribution in [0.3, 0.4) is 0 Å². The second-order valence-corrected chi connectivity index (χ2v) is 4.80. The molecular formula is C13H19ClN2O3. The lowest BCUT2D eigenvalue weighted by molar-refractivity contribution is -0.138. The number of carboxylic acid groups (broad SMARTS) is 1. The molecule has 6 heteroatoms. The summed E-state index contributed by atoms with van der Waals surface area (Å²) in [7, 11) is 0. The quantitative estimate of drug-likeness (QED) is 0.874. The van der Waals surface area contributed by atoms with Crippen LogP contribution in [-0.2, 0) is 11.3 Å². The third-order valence-electron chi connectivity index (χ3n) is 3.03. The first kappa shape index (κ1) is 15.6. The van der Waals surface area contributed by atoms with Crippen LogP contribution < -0.4 is 0 Å². The number of carboxylic acids is 1. The van der Waals surface area contributed by atoms with Crippen LogP contribution in [0, 0.1) is 0 Å². The first-order valence-electron chi connectivity index (χ1n) is 6.29. The van der Waals surface area contributed by atoms with Gasteiger partial charge in [0.15, 0.2) is 0 Å². The van der Waals surface area contributed by atoms with E-state index in [1.54, 1.807) is 28.7 Å². The smallest absolute Gasteiger partial charge is 0.305 e. The van der Waals surface area contributed by atoms with Crippen LogP contribution in [0.2, 0.25) is 5.02 Å². The van der Waals surface area contributed by atoms with Gasteiger partial charge in [0.2, 0.25) is 0 Å². The van der Waals surface area contributed by atoms with Crippen LogP contribution in [0.4, 0.5) is 0 Å². The number of carbonyl (C=O) groups is 2. The molecule has 0 bridgehead atoms. The normalized spacial score (nSPS) is 12.2. The Kier molecular flexibility index (Phi) is 5.42. The molecule has 106 valence electrons. The number of hydrogen-bond acceptors (Lipinski definition) is 2. The lowest BCUT2D eigenvalue weighted by Crippen LogP contribution is -2.40. The Labute approximate surface area is 117 Å². The molecule has 0 aliphatic carbocycles. The highest BCUT2D eigenvalue weighted by Gasteiger charge is 2.24. The molecule has 5 nitrogen and oxygen atoms in total. The fraction of sp³-hybridized carbons (Fsp3) is 0.538. The SMILES string of the molecule is CCN(C(=O)c1cc(Cl)cn1CC)C(C)CC(=O)O. The van der Waals surface area contributed by atoms with Crippen molar-refractivity contribution < 1.29 is 14.7 Å². The van der Waals surface area contributed by atoms with E-state index in [0.29, 0.717) is 23.8 Å². The zero-order valence-electron chi connectivity index (χ0n) is 11.4. The van der Waals surface area contributed by atoms with Gasteiger partial charge in [-0.25, -0.2) is 0 Å². The maximum atomic E-state index is 12.4. The zero-order valence-corrected chi connectivity index (χ0v) is 12.1. The maximum absolute atomic E-state index is 12.4. The molecule has 0 spiro atoms. The second-order valence-electron chi connectivity index (χ2n) is 4.37. The van der Waals surface area contributed by atoms with Gasteiger partial charge in [-0.2, -0.15) is 0 Å². The molecular weight excluding hydrogens is 268 g/mol. The van der Waals surface area contributed by atoms with Gasteiger partial charge in [-0.1, -0.05) is 11.6 Å². The minimum Gasteiger partial charge on any atom is -0.481 e. The fourth-order valence-corrected chi connectivity index (χ4v) is 2.30. The number of aryl methyl sites for hydroxylation is 1. The average molecular weight is 287 g/mol. The molecule has 1 atom stereocenters. The lowest BCUT2D eigenvalue weighted by Gasteiger charge is -2.27. The Morgan fingerprint density at radius 2 is 2.11 bits per heavy atom. The molecule has 1 rings (SSSR count). The summed E-state index contributed by atoms with van der Waals surface area (Å²) in [5, 5.41) is 9.33. The van der Waals surface area contributed by atoms with Gasteiger partial charge in [0, 0.05) is 25.3 Å². The van der Waals surface area contributed by atoms with Gasteiger partial charge < -0.3 is 14.6 Å². The van der Waals surface area contributed by atoms with Gasteiger partial charge in [0.05, 0.1) is 11.4 Å². The molecule has 19 heavy (non-hydrogen) atoms. The standard InChI is InChI=1S/C13H19ClN2O3/c1-4-15-8-10(14)7-11(15)13(19)16(5-2)9(3)6-12(17)18/h7-9H,4-6H2,1-3H3,(H,17,18). The van der Waals surface area contributed by atoms with E-state index in [2.05, 4.69) is 0 Å². The van der Waals surface area contributed by atoms with Gasteiger partial charge in [-0.3, -0.25) is 9.59 Å². The third-order valence-corrected chi connectivity index (χ3v) is 3.23. The average Bonchev–Trinajstić information content (AvgIpc) is 2.70. The van der Waals surface area contributed by atoms with E-state index in [1.165, 1.54) is 0 Å². The van der Waals surface area contributed by atoms with Crippen LogP contribution in [0.15, 0.2) is 12.3 Å². The summed E-state index contributed by atoms with van der Waals surface area (Å²) < 4.78 is 1.76. The molecule has 0 aliphatic heterocycles. The minimum atomic E-state index is -0.914. The number of nitrogens with zero attached hydrogens (tertiary/aromatic N) is 2. The molecule has 1 unspecified atom stereocenters. The van der Waals surface area contributed by atoms with Crippen molar-refractivity contribution in [3.8, 4) is 0 Å². The van der Waals surface area contributed by atoms with Crippen molar-refractivity contribution in [1.29, 1.82) is 0 Å². The number of rotatable bonds is 6. The monoisotopic (exact) mass is 286 g/mol. The van der Waals surface area contributed by atoms with Gasteiger partial charge in [0.25, 0.3) is 5.91 Å². The van der Waals surface area contributed by atoms with E-state index in [1.807, 2.05) is 13.8 Å². The van der Waals surface area contributed by atoms with Crippen molar-refractivity contribution in [1.82, 2.24) is 9.47 Å². The van der Waals surface area contributed by atoms with E-state index >= 15 is 0 Å². The summed E-state index contributed by atoms with van der Waals surface area (Å²) in [6.45, 7) is 6.58. The predicted octanol–water partition coefficient (Wildman–Crippen LogP) is 2.49. The predicted molar refractivity (Wildman–Crippen MR) is 73.5 cm³/mol. The zero-order chi connectivity index (χ0) is 14.6. The van der Waals surface area contributed by atoms with E-state index in [4.69, 9.17) is 16.7 Å². The number of carbonyl (C=O) groups excluding carboxylic acids is 1. The molecule has 1 aromatic heterocycles. The summed E-state index contributed by atoms with van der Waals surface area (Å²) in [5.74, 6) is -1.10. The van der Waals surface area contributed by atoms with Gasteiger partial charge in [-0.05, 0) is 26.8 Å². The Morgan fingerprint density at radius 3 is 2.58 bits per heavy atom. The minimum absolute atomic E-state index is 0.0693. The number of amides is 1. The molecule has 1 aromatic rings. The number of hydrogen-bond donors (Lipinski definition) is 1. The Morgan fingerprint density at radius 1 is 1.47 bits per heavy atom. The van der Waals surface area contributed by atoms with Crippen molar-refractivity contribution in [2.45, 2.75) is 39.8 Å². The van der Waals surface area contributed by atoms with Crippen molar-refractivity contribution in [3.05, 3.63) is 23.0 Å². The van der Waals surface area contributed by atoms with Crippen molar-refractivity contribution in [2.24, 2.45) is 0 Å². The van der Waals surface area contributed by atoms with E-state index in [0.717, 1.165) is 0 Å². The highest BCUT2D eigenvalue weighted by atomic mass is 35.5. The molecule has 1 amide bonds. The molecule has 0 aromatic carbocycles. The number of aromatic nitrogens is 1. The Bertz CT molecular complexity index is 470. The summed E-state index contributed by atoms with van der Waals surface area (Å²) >= 11 is 5.91. The van der Waals surface area contributed by atoms with E-state index in [-0.39, 0.29) is 18.4 Å². The van der Waals surface area contributed by atoms with Crippen LogP contribution in [0.1, 0.15) is 37.7 Å². The summed E-state index contributed by atoms with van der Waals surface area (Å²) in [4.78, 5) is 24.7. The van der Waals surface area contributed by atoms with Gasteiger partial charge in [0.1, 0.15) is 5.69 Å². The molecule has 0 aliphatic rings. The van der Waals surface area contributed by atoms with Crippen molar-refractivity contribution in [3.63, 3.8) is 0 Å². The van der Waals surface area contributed by atoms with Crippen molar-refractivity contribution >= 4 is 23.5 Å². The van der Waals surface area contributed by atoms with E-state index < -0.39 is 5.97 Å². The van der Waals surface area contributed by atoms with Gasteiger partial charge in [-0.15, -0.1) is 0 Å². The summed E-state index contributed by atoms with van der Waals surface area (Å²) in [5.41, 5.74) is 0.492. The lowest BCUT2D eigenvalue weighted by atomic mass is 10.2. The number of aliphatic carboxylic acids is 1. The third kappa shape index (κ3) is 3.73. The Balaban J connectivity index is 2.97. The Hall–Kier alpha value is -1.49. The second kappa shape index (κ2) is 6.61. The molecule has 1 N–H and O–H groups in total. The molecule has 0 radical (unpaired) electrons. The number of halogens is 1. The van der Waals surface area contributed by atoms with Crippen LogP contribution in [-0.4, -0.2) is 39.0 Å². The summed E-state index contributed by atoms with van der Waals surface area (Å²) in [6.07, 6.45) is 1.63. The highest BCUT2D eigenvalue weighted by Crippen LogP contribution is 2.18. The first-order valence-corrected chi connectivity index (χ1v) is 6.66. The van der Waals surface area contributed by atoms with Crippen LogP contribution in [0.25, 0.3) is 0 Å². The molecule has 0 saturated carbocycles.